The van der Waals surface area contributed by atoms with E-state index < -0.39 is 32.1 Å². The monoisotopic (exact) mass is 548 g/mol. The summed E-state index contributed by atoms with van der Waals surface area (Å²) < 4.78 is 72.0. The molecule has 0 aliphatic heterocycles. The molecule has 4 heterocycles. The van der Waals surface area contributed by atoms with Gasteiger partial charge in [-0.05, 0) is 34.7 Å². The van der Waals surface area contributed by atoms with E-state index in [0.29, 0.717) is 10.3 Å². The van der Waals surface area contributed by atoms with Crippen LogP contribution in [0.15, 0.2) is 61.4 Å². The summed E-state index contributed by atoms with van der Waals surface area (Å²) in [5.41, 5.74) is 0.971. The van der Waals surface area contributed by atoms with Gasteiger partial charge in [-0.1, -0.05) is 11.6 Å². The highest BCUT2D eigenvalue weighted by atomic mass is 35.5. The van der Waals surface area contributed by atoms with Crippen molar-refractivity contribution in [1.29, 1.82) is 0 Å². The van der Waals surface area contributed by atoms with Crippen molar-refractivity contribution in [1.82, 2.24) is 39.8 Å². The van der Waals surface area contributed by atoms with Crippen LogP contribution >= 0.6 is 11.6 Å². The molecule has 0 bridgehead atoms. The number of aromatic nitrogens is 9. The van der Waals surface area contributed by atoms with Gasteiger partial charge in [-0.2, -0.15) is 28.4 Å². The molecule has 0 N–H and O–H groups in total. The molecule has 1 atom stereocenters. The van der Waals surface area contributed by atoms with E-state index in [9.17, 15) is 14.0 Å². The zero-order valence-electron chi connectivity index (χ0n) is 22.2. The van der Waals surface area contributed by atoms with Crippen molar-refractivity contribution in [3.05, 3.63) is 83.2 Å². The maximum absolute atomic E-state index is 15.2. The van der Waals surface area contributed by atoms with Crippen molar-refractivity contribution in [3.63, 3.8) is 0 Å². The van der Waals surface area contributed by atoms with Gasteiger partial charge in [0.15, 0.2) is 12.0 Å². The Morgan fingerprint density at radius 1 is 1.18 bits per heavy atom. The van der Waals surface area contributed by atoms with Crippen LogP contribution in [-0.2, 0) is 11.7 Å². The van der Waals surface area contributed by atoms with Gasteiger partial charge in [0, 0.05) is 41.5 Å². The Hall–Kier alpha value is -4.30. The van der Waals surface area contributed by atoms with Crippen molar-refractivity contribution in [2.75, 3.05) is 6.61 Å². The Kier molecular flexibility index (Phi) is 6.06. The zero-order valence-corrected chi connectivity index (χ0v) is 20.0. The van der Waals surface area contributed by atoms with Gasteiger partial charge in [-0.3, -0.25) is 9.36 Å². The fraction of sp³-hybridized carbons (Fsp3) is 0.217. The molecule has 38 heavy (non-hydrogen) atoms. The molecular weight excluding hydrogens is 527 g/mol. The molecule has 0 saturated heterocycles. The van der Waals surface area contributed by atoms with Gasteiger partial charge >= 0.3 is 6.61 Å². The highest BCUT2D eigenvalue weighted by molar-refractivity contribution is 6.31. The fourth-order valence-electron chi connectivity index (χ4n) is 4.02. The Morgan fingerprint density at radius 2 is 2.05 bits per heavy atom. The normalized spacial score (nSPS) is 13.9. The number of aryl methyl sites for hydroxylation is 1. The molecule has 4 aromatic heterocycles. The second-order valence-electron chi connectivity index (χ2n) is 7.95. The van der Waals surface area contributed by atoms with E-state index in [1.807, 2.05) is 0 Å². The lowest BCUT2D eigenvalue weighted by Crippen LogP contribution is -2.36. The summed E-state index contributed by atoms with van der Waals surface area (Å²) in [6.07, 6.45) is 6.39. The first-order valence-electron chi connectivity index (χ1n) is 12.5. The van der Waals surface area contributed by atoms with E-state index in [0.717, 1.165) is 10.9 Å². The average molecular weight is 549 g/mol. The lowest BCUT2D eigenvalue weighted by Gasteiger charge is -2.18. The Labute approximate surface area is 222 Å². The lowest BCUT2D eigenvalue weighted by atomic mass is 10.0. The predicted octanol–water partition coefficient (Wildman–Crippen LogP) is 3.57. The summed E-state index contributed by atoms with van der Waals surface area (Å²) in [5.74, 6) is -0.808. The van der Waals surface area contributed by atoms with E-state index in [1.54, 1.807) is 0 Å². The SMILES string of the molecule is [2H]C([2H])([2H])n1nccc1-c1cnn(C(CCOC(F)F)c2ccc(-c3c(-n4cnnn4)ccc(Cl)c3F)c[n+]2[O-])c1. The molecule has 1 aromatic carbocycles. The van der Waals surface area contributed by atoms with Crippen LogP contribution in [0.3, 0.4) is 0 Å². The Balaban J connectivity index is 1.55. The number of nitrogens with zero attached hydrogens (tertiary/aromatic N) is 9. The van der Waals surface area contributed by atoms with Crippen LogP contribution in [0.5, 0.6) is 0 Å². The van der Waals surface area contributed by atoms with Gasteiger partial charge < -0.3 is 9.94 Å². The quantitative estimate of drug-likeness (QED) is 0.204. The van der Waals surface area contributed by atoms with Gasteiger partial charge in [0.2, 0.25) is 5.69 Å². The number of alkyl halides is 2. The van der Waals surface area contributed by atoms with Crippen LogP contribution in [-0.4, -0.2) is 53.0 Å². The molecule has 5 rings (SSSR count). The van der Waals surface area contributed by atoms with Gasteiger partial charge in [-0.25, -0.2) is 4.39 Å². The zero-order chi connectivity index (χ0) is 29.3. The third kappa shape index (κ3) is 4.95. The minimum atomic E-state index is -3.03. The highest BCUT2D eigenvalue weighted by Crippen LogP contribution is 2.33. The summed E-state index contributed by atoms with van der Waals surface area (Å²) >= 11 is 6.02. The Bertz CT molecular complexity index is 1660. The second-order valence-corrected chi connectivity index (χ2v) is 8.36. The van der Waals surface area contributed by atoms with Crippen molar-refractivity contribution in [2.24, 2.45) is 6.98 Å². The van der Waals surface area contributed by atoms with E-state index in [1.165, 1.54) is 64.6 Å². The first kappa shape index (κ1) is 21.8. The number of hydrogen-bond donors (Lipinski definition) is 0. The van der Waals surface area contributed by atoms with E-state index in [2.05, 4.69) is 30.5 Å². The van der Waals surface area contributed by atoms with Crippen molar-refractivity contribution < 1.29 is 26.8 Å². The summed E-state index contributed by atoms with van der Waals surface area (Å²) in [5, 5.41) is 32.1. The maximum atomic E-state index is 15.2. The molecule has 0 saturated carbocycles. The molecule has 0 spiro atoms. The van der Waals surface area contributed by atoms with Gasteiger partial charge in [0.05, 0.1) is 40.3 Å². The molecule has 0 fully saturated rings. The first-order valence-corrected chi connectivity index (χ1v) is 11.4. The van der Waals surface area contributed by atoms with Crippen LogP contribution in [0.2, 0.25) is 5.02 Å². The van der Waals surface area contributed by atoms with Gasteiger partial charge in [0.25, 0.3) is 0 Å². The molecule has 196 valence electrons. The van der Waals surface area contributed by atoms with E-state index in [-0.39, 0.29) is 39.6 Å². The van der Waals surface area contributed by atoms with Crippen LogP contribution in [0.25, 0.3) is 28.1 Å². The molecule has 0 radical (unpaired) electrons. The molecule has 1 unspecified atom stereocenters. The number of tetrazole rings is 1. The second kappa shape index (κ2) is 10.6. The van der Waals surface area contributed by atoms with Crippen molar-refractivity contribution >= 4 is 11.6 Å². The van der Waals surface area contributed by atoms with Crippen LogP contribution < -0.4 is 4.73 Å². The Morgan fingerprint density at radius 3 is 2.79 bits per heavy atom. The highest BCUT2D eigenvalue weighted by Gasteiger charge is 2.26. The van der Waals surface area contributed by atoms with Crippen molar-refractivity contribution in [3.8, 4) is 28.1 Å². The van der Waals surface area contributed by atoms with E-state index >= 15 is 4.39 Å². The van der Waals surface area contributed by atoms with Gasteiger partial charge in [-0.15, -0.1) is 5.10 Å². The summed E-state index contributed by atoms with van der Waals surface area (Å²) in [6.45, 7) is -6.02. The largest absolute Gasteiger partial charge is 0.618 e. The standard InChI is InChI=1S/C23H19ClF3N9O2/c1-33-17(6-8-29-33)15-10-30-34(11-15)18(7-9-38-23(26)27)19-4-2-14(12-36(19)37)21-20(35-13-28-31-32-35)5-3-16(24)22(21)25/h2-6,8,10-13,18,23H,7,9H2,1H3/i1D3. The molecule has 11 nitrogen and oxygen atoms in total. The topological polar surface area (TPSA) is 115 Å². The molecule has 0 aliphatic carbocycles. The number of ether oxygens (including phenoxy) is 1. The average Bonchev–Trinajstić information content (AvgIpc) is 3.70. The number of benzene rings is 1. The van der Waals surface area contributed by atoms with E-state index in [4.69, 9.17) is 15.7 Å². The number of hydrogen-bond acceptors (Lipinski definition) is 7. The minimum absolute atomic E-state index is 0.0437. The smallest absolute Gasteiger partial charge is 0.345 e. The maximum Gasteiger partial charge on any atom is 0.345 e. The molecule has 0 aliphatic rings. The number of pyridine rings is 1. The molecular formula is C23H19ClF3N9O2. The van der Waals surface area contributed by atoms with Crippen molar-refractivity contribution in [2.45, 2.75) is 19.1 Å². The number of halogens is 4. The minimum Gasteiger partial charge on any atom is -0.618 e. The predicted molar refractivity (Wildman–Crippen MR) is 128 cm³/mol. The summed E-state index contributed by atoms with van der Waals surface area (Å²) in [4.78, 5) is 0. The lowest BCUT2D eigenvalue weighted by molar-refractivity contribution is -0.615. The fourth-order valence-corrected chi connectivity index (χ4v) is 4.18. The van der Waals surface area contributed by atoms with Crippen LogP contribution in [0, 0.1) is 11.0 Å². The summed E-state index contributed by atoms with van der Waals surface area (Å²) in [6, 6.07) is 6.21. The molecule has 5 aromatic rings. The molecule has 0 amide bonds. The van der Waals surface area contributed by atoms with Crippen LogP contribution in [0.1, 0.15) is 22.3 Å². The summed E-state index contributed by atoms with van der Waals surface area (Å²) in [7, 11) is 0. The van der Waals surface area contributed by atoms with Gasteiger partial charge in [0.1, 0.15) is 12.4 Å². The third-order valence-corrected chi connectivity index (χ3v) is 6.03. The third-order valence-electron chi connectivity index (χ3n) is 5.74. The number of rotatable bonds is 9. The first-order chi connectivity index (χ1) is 19.5. The molecule has 15 heteroatoms. The van der Waals surface area contributed by atoms with Crippen LogP contribution in [0.4, 0.5) is 13.2 Å².